The molecule has 1 unspecified atom stereocenters. The Kier molecular flexibility index (Phi) is 16.3. The van der Waals surface area contributed by atoms with E-state index < -0.39 is 78.1 Å². The summed E-state index contributed by atoms with van der Waals surface area (Å²) in [7, 11) is 1.21. The zero-order chi connectivity index (χ0) is 38.8. The van der Waals surface area contributed by atoms with Crippen molar-refractivity contribution in [1.82, 2.24) is 0 Å². The van der Waals surface area contributed by atoms with Gasteiger partial charge in [-0.3, -0.25) is 9.59 Å². The Morgan fingerprint density at radius 3 is 2.36 bits per heavy atom. The van der Waals surface area contributed by atoms with E-state index in [1.807, 2.05) is 0 Å². The van der Waals surface area contributed by atoms with Gasteiger partial charge in [-0.05, 0) is 50.7 Å². The fourth-order valence-electron chi connectivity index (χ4n) is 7.57. The predicted octanol–water partition coefficient (Wildman–Crippen LogP) is 3.69. The summed E-state index contributed by atoms with van der Waals surface area (Å²) in [6, 6.07) is 0. The van der Waals surface area contributed by atoms with Crippen LogP contribution >= 0.6 is 0 Å². The minimum atomic E-state index is -2.29. The number of aliphatic hydroxyl groups is 4. The fraction of sp³-hybridized carbons (Fsp3) is 0.821. The normalized spacial score (nSPS) is 37.5. The summed E-state index contributed by atoms with van der Waals surface area (Å²) in [5.74, 6) is -4.36. The Hall–Kier alpha value is -2.43. The number of fused-ring (bicyclic) bond motifs is 6. The first-order valence-corrected chi connectivity index (χ1v) is 19.4. The first-order valence-electron chi connectivity index (χ1n) is 19.4. The van der Waals surface area contributed by atoms with Crippen LogP contribution in [0.4, 0.5) is 0 Å². The molecule has 0 amide bonds. The highest BCUT2D eigenvalue weighted by Gasteiger charge is 2.57. The van der Waals surface area contributed by atoms with Crippen LogP contribution < -0.4 is 0 Å². The minimum Gasteiger partial charge on any atom is -0.466 e. The molecule has 6 bridgehead atoms. The zero-order valence-electron chi connectivity index (χ0n) is 32.0. The predicted molar refractivity (Wildman–Crippen MR) is 190 cm³/mol. The smallest absolute Gasteiger partial charge is 0.330 e. The van der Waals surface area contributed by atoms with Crippen molar-refractivity contribution < 1.29 is 68.0 Å². The topological polar surface area (TPSA) is 197 Å². The molecular formula is C39H62O14. The van der Waals surface area contributed by atoms with E-state index in [-0.39, 0.29) is 49.9 Å². The van der Waals surface area contributed by atoms with Gasteiger partial charge >= 0.3 is 17.9 Å². The van der Waals surface area contributed by atoms with Crippen LogP contribution in [0.3, 0.4) is 0 Å². The lowest BCUT2D eigenvalue weighted by molar-refractivity contribution is -0.327. The van der Waals surface area contributed by atoms with Crippen LogP contribution in [-0.2, 0) is 47.5 Å². The summed E-state index contributed by atoms with van der Waals surface area (Å²) in [5, 5.41) is 44.9. The van der Waals surface area contributed by atoms with Gasteiger partial charge in [-0.2, -0.15) is 0 Å². The molecule has 4 aliphatic rings. The average molecular weight is 755 g/mol. The quantitative estimate of drug-likeness (QED) is 0.0875. The van der Waals surface area contributed by atoms with Gasteiger partial charge in [0.1, 0.15) is 6.10 Å². The van der Waals surface area contributed by atoms with Crippen LogP contribution in [0.15, 0.2) is 23.8 Å². The Morgan fingerprint density at radius 1 is 0.962 bits per heavy atom. The van der Waals surface area contributed by atoms with Gasteiger partial charge < -0.3 is 53.6 Å². The number of ether oxygens (including phenoxy) is 7. The SMILES string of the molecule is CCCCCCCC(=O)O[C@H]1/C(=C/C(=O)OC)C[C@H]2C[C@H](C(C)O)OC(=O)C[C@H](O)C[C@@H]3C[C@H](O)C[C@H](C[C@@H]4CCO[C@H](/C=C/C(C)(C)[C@]1(O)O2)O4)O3. The van der Waals surface area contributed by atoms with E-state index in [1.54, 1.807) is 26.0 Å². The molecule has 4 heterocycles. The molecule has 0 aliphatic carbocycles. The highest BCUT2D eigenvalue weighted by molar-refractivity contribution is 5.83. The van der Waals surface area contributed by atoms with Crippen molar-refractivity contribution in [1.29, 1.82) is 0 Å². The summed E-state index contributed by atoms with van der Waals surface area (Å²) in [4.78, 5) is 39.1. The zero-order valence-corrected chi connectivity index (χ0v) is 32.0. The van der Waals surface area contributed by atoms with Crippen molar-refractivity contribution in [3.63, 3.8) is 0 Å². The number of unbranched alkanes of at least 4 members (excludes halogenated alkanes) is 4. The lowest BCUT2D eigenvalue weighted by atomic mass is 9.74. The Bertz CT molecular complexity index is 1260. The van der Waals surface area contributed by atoms with Gasteiger partial charge in [0.25, 0.3) is 0 Å². The van der Waals surface area contributed by atoms with Gasteiger partial charge in [0.05, 0.1) is 62.9 Å². The van der Waals surface area contributed by atoms with E-state index in [2.05, 4.69) is 6.92 Å². The molecule has 4 rings (SSSR count). The summed E-state index contributed by atoms with van der Waals surface area (Å²) in [6.45, 7) is 7.30. The van der Waals surface area contributed by atoms with E-state index in [1.165, 1.54) is 20.1 Å². The molecule has 0 aromatic heterocycles. The first kappa shape index (κ1) is 43.3. The van der Waals surface area contributed by atoms with Gasteiger partial charge in [0.15, 0.2) is 12.4 Å². The summed E-state index contributed by atoms with van der Waals surface area (Å²) in [5.41, 5.74) is -1.11. The van der Waals surface area contributed by atoms with Crippen molar-refractivity contribution in [2.45, 2.75) is 185 Å². The van der Waals surface area contributed by atoms with Gasteiger partial charge in [-0.1, -0.05) is 52.5 Å². The van der Waals surface area contributed by atoms with Crippen molar-refractivity contribution in [2.75, 3.05) is 13.7 Å². The molecule has 3 fully saturated rings. The molecular weight excluding hydrogens is 692 g/mol. The number of hydrogen-bond donors (Lipinski definition) is 4. The largest absolute Gasteiger partial charge is 0.466 e. The van der Waals surface area contributed by atoms with E-state index >= 15 is 0 Å². The maximum atomic E-state index is 13.3. The molecule has 0 spiro atoms. The summed E-state index contributed by atoms with van der Waals surface area (Å²) >= 11 is 0. The molecule has 4 N–H and O–H groups in total. The second-order valence-corrected chi connectivity index (χ2v) is 15.6. The van der Waals surface area contributed by atoms with Crippen LogP contribution in [0.25, 0.3) is 0 Å². The average Bonchev–Trinajstić information content (AvgIpc) is 3.07. The third kappa shape index (κ3) is 12.5. The second-order valence-electron chi connectivity index (χ2n) is 15.6. The maximum absolute atomic E-state index is 13.3. The third-order valence-corrected chi connectivity index (χ3v) is 10.6. The van der Waals surface area contributed by atoms with Gasteiger partial charge in [-0.25, -0.2) is 4.79 Å². The number of methoxy groups -OCH3 is 1. The summed E-state index contributed by atoms with van der Waals surface area (Å²) in [6.07, 6.45) is 1.99. The molecule has 0 aromatic rings. The summed E-state index contributed by atoms with van der Waals surface area (Å²) < 4.78 is 41.5. The van der Waals surface area contributed by atoms with Crippen molar-refractivity contribution >= 4 is 17.9 Å². The Labute approximate surface area is 313 Å². The van der Waals surface area contributed by atoms with Crippen molar-refractivity contribution in [2.24, 2.45) is 5.41 Å². The molecule has 0 aromatic carbocycles. The second kappa shape index (κ2) is 19.9. The third-order valence-electron chi connectivity index (χ3n) is 10.6. The number of hydrogen-bond acceptors (Lipinski definition) is 14. The van der Waals surface area contributed by atoms with Crippen LogP contribution in [0.1, 0.15) is 118 Å². The highest BCUT2D eigenvalue weighted by Crippen LogP contribution is 2.47. The van der Waals surface area contributed by atoms with E-state index in [9.17, 15) is 34.8 Å². The van der Waals surface area contributed by atoms with Gasteiger partial charge in [-0.15, -0.1) is 0 Å². The molecule has 14 nitrogen and oxygen atoms in total. The fourth-order valence-corrected chi connectivity index (χ4v) is 7.57. The monoisotopic (exact) mass is 754 g/mol. The lowest BCUT2D eigenvalue weighted by Gasteiger charge is -2.51. The van der Waals surface area contributed by atoms with E-state index in [0.717, 1.165) is 25.7 Å². The Balaban J connectivity index is 1.71. The molecule has 4 aliphatic heterocycles. The van der Waals surface area contributed by atoms with Crippen molar-refractivity contribution in [3.8, 4) is 0 Å². The minimum absolute atomic E-state index is 0.0336. The van der Waals surface area contributed by atoms with Crippen LogP contribution in [0.2, 0.25) is 0 Å². The number of aliphatic hydroxyl groups excluding tert-OH is 3. The molecule has 302 valence electrons. The van der Waals surface area contributed by atoms with Gasteiger partial charge in [0.2, 0.25) is 5.79 Å². The molecule has 3 saturated heterocycles. The number of esters is 3. The van der Waals surface area contributed by atoms with Gasteiger partial charge in [0, 0.05) is 37.2 Å². The van der Waals surface area contributed by atoms with Crippen molar-refractivity contribution in [3.05, 3.63) is 23.8 Å². The molecule has 14 heteroatoms. The van der Waals surface area contributed by atoms with E-state index in [0.29, 0.717) is 38.7 Å². The molecule has 0 radical (unpaired) electrons. The number of carbonyl (C=O) groups excluding carboxylic acids is 3. The standard InChI is InChI=1S/C39H62O14/c1-6-7-8-9-10-11-33(43)52-37-25(17-34(44)47-5)16-31-23-32(24(2)40)51-35(45)21-27(42)20-29-18-26(41)19-30(49-29)22-28-13-15-48-36(50-28)12-14-38(3,4)39(37,46)53-31/h12,14,17,24,26-32,36-37,40-42,46H,6-11,13,15-16,18-23H2,1-5H3/b14-12+,25-17+/t24?,26-,27+,28-,29-,30+,31-,32+,36-,37-,39+/m0/s1. The van der Waals surface area contributed by atoms with Crippen LogP contribution in [-0.4, -0.2) is 119 Å². The number of carbonyl (C=O) groups is 3. The van der Waals surface area contributed by atoms with Crippen LogP contribution in [0.5, 0.6) is 0 Å². The number of cyclic esters (lactones) is 1. The Morgan fingerprint density at radius 2 is 1.66 bits per heavy atom. The molecule has 0 saturated carbocycles. The maximum Gasteiger partial charge on any atom is 0.330 e. The molecule has 53 heavy (non-hydrogen) atoms. The van der Waals surface area contributed by atoms with E-state index in [4.69, 9.17) is 33.2 Å². The number of rotatable bonds is 9. The lowest BCUT2D eigenvalue weighted by Crippen LogP contribution is -2.62. The highest BCUT2D eigenvalue weighted by atomic mass is 16.7. The van der Waals surface area contributed by atoms with Crippen LogP contribution in [0, 0.1) is 5.41 Å². The molecule has 11 atom stereocenters. The first-order chi connectivity index (χ1) is 25.1.